The molecule has 0 spiro atoms. The van der Waals surface area contributed by atoms with Gasteiger partial charge in [0, 0.05) is 27.9 Å². The van der Waals surface area contributed by atoms with Gasteiger partial charge in [0.15, 0.2) is 0 Å². The first kappa shape index (κ1) is 18.2. The molecule has 0 radical (unpaired) electrons. The first-order valence-corrected chi connectivity index (χ1v) is 11.6. The molecule has 3 heterocycles. The van der Waals surface area contributed by atoms with Crippen molar-refractivity contribution in [2.24, 2.45) is 0 Å². The molecule has 5 rings (SSSR count). The summed E-state index contributed by atoms with van der Waals surface area (Å²) in [6.07, 6.45) is 3.42. The molecule has 0 atom stereocenters. The maximum absolute atomic E-state index is 12.0. The molecule has 0 saturated carbocycles. The Kier molecular flexibility index (Phi) is 4.90. The third-order valence-corrected chi connectivity index (χ3v) is 7.56. The quantitative estimate of drug-likeness (QED) is 0.632. The number of hydrogen-bond acceptors (Lipinski definition) is 6. The molecule has 1 aromatic carbocycles. The maximum Gasteiger partial charge on any atom is 0.239 e. The number of anilines is 1. The Morgan fingerprint density at radius 2 is 2.07 bits per heavy atom. The van der Waals surface area contributed by atoms with Gasteiger partial charge in [0.25, 0.3) is 0 Å². The molecule has 0 bridgehead atoms. The minimum atomic E-state index is 0.0574. The molecule has 5 nitrogen and oxygen atoms in total. The van der Waals surface area contributed by atoms with Gasteiger partial charge in [-0.1, -0.05) is 11.6 Å². The molecule has 1 amide bonds. The number of carbonyl (C=O) groups excluding carboxylic acids is 1. The number of nitrogens with one attached hydrogen (secondary N) is 1. The molecule has 2 aromatic heterocycles. The number of benzene rings is 1. The van der Waals surface area contributed by atoms with Crippen molar-refractivity contribution in [2.45, 2.75) is 29.9 Å². The summed E-state index contributed by atoms with van der Waals surface area (Å²) < 4.78 is 0. The molecule has 8 heteroatoms. The fourth-order valence-corrected chi connectivity index (χ4v) is 5.97. The summed E-state index contributed by atoms with van der Waals surface area (Å²) in [5.74, 6) is 2.49. The number of halogens is 1. The van der Waals surface area contributed by atoms with Gasteiger partial charge in [0.1, 0.15) is 16.5 Å². The smallest absolute Gasteiger partial charge is 0.239 e. The van der Waals surface area contributed by atoms with E-state index in [9.17, 15) is 4.79 Å². The SMILES string of the molecule is O=C1CN(c2nc(CSc3ccc(Cl)cc3)nc3sc4c(c23)CCC4)CCN1. The van der Waals surface area contributed by atoms with E-state index in [-0.39, 0.29) is 5.91 Å². The van der Waals surface area contributed by atoms with Crippen LogP contribution in [-0.4, -0.2) is 35.5 Å². The fourth-order valence-electron chi connectivity index (χ4n) is 3.81. The lowest BCUT2D eigenvalue weighted by Crippen LogP contribution is -2.48. The summed E-state index contributed by atoms with van der Waals surface area (Å²) in [5, 5.41) is 4.82. The largest absolute Gasteiger partial charge is 0.353 e. The molecule has 1 saturated heterocycles. The monoisotopic (exact) mass is 430 g/mol. The van der Waals surface area contributed by atoms with Crippen molar-refractivity contribution in [1.29, 1.82) is 0 Å². The van der Waals surface area contributed by atoms with E-state index in [1.54, 1.807) is 23.1 Å². The van der Waals surface area contributed by atoms with Crippen LogP contribution in [0.2, 0.25) is 5.02 Å². The van der Waals surface area contributed by atoms with Crippen molar-refractivity contribution in [3.63, 3.8) is 0 Å². The van der Waals surface area contributed by atoms with Crippen LogP contribution in [0.5, 0.6) is 0 Å². The second-order valence-electron chi connectivity index (χ2n) is 7.02. The molecule has 1 fully saturated rings. The van der Waals surface area contributed by atoms with Gasteiger partial charge < -0.3 is 10.2 Å². The minimum absolute atomic E-state index is 0.0574. The predicted octanol–water partition coefficient (Wildman–Crippen LogP) is 4.06. The van der Waals surface area contributed by atoms with Gasteiger partial charge >= 0.3 is 0 Å². The first-order valence-electron chi connectivity index (χ1n) is 9.38. The lowest BCUT2D eigenvalue weighted by atomic mass is 10.1. The van der Waals surface area contributed by atoms with E-state index < -0.39 is 0 Å². The highest BCUT2D eigenvalue weighted by atomic mass is 35.5. The second kappa shape index (κ2) is 7.54. The van der Waals surface area contributed by atoms with Crippen molar-refractivity contribution in [1.82, 2.24) is 15.3 Å². The summed E-state index contributed by atoms with van der Waals surface area (Å²) in [6.45, 7) is 1.80. The summed E-state index contributed by atoms with van der Waals surface area (Å²) >= 11 is 9.48. The second-order valence-corrected chi connectivity index (χ2v) is 9.58. The number of piperazine rings is 1. The van der Waals surface area contributed by atoms with E-state index in [0.29, 0.717) is 18.8 Å². The number of amides is 1. The van der Waals surface area contributed by atoms with Gasteiger partial charge in [0.05, 0.1) is 17.7 Å². The molecule has 28 heavy (non-hydrogen) atoms. The Labute approximate surface area is 176 Å². The van der Waals surface area contributed by atoms with E-state index in [1.165, 1.54) is 22.2 Å². The lowest BCUT2D eigenvalue weighted by Gasteiger charge is -2.28. The van der Waals surface area contributed by atoms with Crippen LogP contribution in [0, 0.1) is 0 Å². The Morgan fingerprint density at radius 3 is 2.89 bits per heavy atom. The van der Waals surface area contributed by atoms with Crippen LogP contribution in [0.25, 0.3) is 10.2 Å². The van der Waals surface area contributed by atoms with Crippen LogP contribution < -0.4 is 10.2 Å². The van der Waals surface area contributed by atoms with Gasteiger partial charge in [-0.15, -0.1) is 23.1 Å². The first-order chi connectivity index (χ1) is 13.7. The van der Waals surface area contributed by atoms with Crippen LogP contribution in [0.4, 0.5) is 5.82 Å². The van der Waals surface area contributed by atoms with E-state index >= 15 is 0 Å². The molecule has 0 unspecified atom stereocenters. The molecule has 144 valence electrons. The molecule has 1 aliphatic heterocycles. The zero-order chi connectivity index (χ0) is 19.1. The third kappa shape index (κ3) is 3.47. The van der Waals surface area contributed by atoms with E-state index in [1.807, 2.05) is 24.3 Å². The number of fused-ring (bicyclic) bond motifs is 3. The zero-order valence-corrected chi connectivity index (χ0v) is 17.6. The maximum atomic E-state index is 12.0. The third-order valence-electron chi connectivity index (χ3n) is 5.11. The Hall–Kier alpha value is -1.83. The van der Waals surface area contributed by atoms with Gasteiger partial charge in [0.2, 0.25) is 5.91 Å². The number of carbonyl (C=O) groups is 1. The van der Waals surface area contributed by atoms with E-state index in [4.69, 9.17) is 21.6 Å². The predicted molar refractivity (Wildman–Crippen MR) is 116 cm³/mol. The summed E-state index contributed by atoms with van der Waals surface area (Å²) in [5.41, 5.74) is 1.40. The number of aromatic nitrogens is 2. The van der Waals surface area contributed by atoms with Gasteiger partial charge in [-0.3, -0.25) is 4.79 Å². The number of thiophene rings is 1. The highest BCUT2D eigenvalue weighted by Gasteiger charge is 2.27. The van der Waals surface area contributed by atoms with Gasteiger partial charge in [-0.05, 0) is 49.1 Å². The number of aryl methyl sites for hydroxylation is 2. The number of rotatable bonds is 4. The van der Waals surface area contributed by atoms with Crippen molar-refractivity contribution < 1.29 is 4.79 Å². The Morgan fingerprint density at radius 1 is 1.21 bits per heavy atom. The number of thioether (sulfide) groups is 1. The highest BCUT2D eigenvalue weighted by molar-refractivity contribution is 7.98. The van der Waals surface area contributed by atoms with Crippen LogP contribution in [0.1, 0.15) is 22.7 Å². The summed E-state index contributed by atoms with van der Waals surface area (Å²) in [7, 11) is 0. The van der Waals surface area contributed by atoms with Crippen LogP contribution in [0.15, 0.2) is 29.2 Å². The normalized spacial score (nSPS) is 16.5. The molecule has 1 N–H and O–H groups in total. The molecule has 3 aromatic rings. The van der Waals surface area contributed by atoms with Crippen LogP contribution in [0.3, 0.4) is 0 Å². The molecular formula is C20H19ClN4OS2. The average molecular weight is 431 g/mol. The fraction of sp³-hybridized carbons (Fsp3) is 0.350. The topological polar surface area (TPSA) is 58.1 Å². The molecule has 2 aliphatic rings. The Bertz CT molecular complexity index is 1050. The lowest BCUT2D eigenvalue weighted by molar-refractivity contribution is -0.120. The van der Waals surface area contributed by atoms with Crippen molar-refractivity contribution in [2.75, 3.05) is 24.5 Å². The number of nitrogens with zero attached hydrogens (tertiary/aromatic N) is 3. The van der Waals surface area contributed by atoms with Crippen LogP contribution >= 0.6 is 34.7 Å². The number of hydrogen-bond donors (Lipinski definition) is 1. The van der Waals surface area contributed by atoms with Gasteiger partial charge in [-0.25, -0.2) is 9.97 Å². The average Bonchev–Trinajstić information content (AvgIpc) is 3.28. The minimum Gasteiger partial charge on any atom is -0.353 e. The van der Waals surface area contributed by atoms with E-state index in [0.717, 1.165) is 45.8 Å². The Balaban J connectivity index is 1.51. The van der Waals surface area contributed by atoms with Gasteiger partial charge in [-0.2, -0.15) is 0 Å². The molecule has 1 aliphatic carbocycles. The standard InChI is InChI=1S/C20H19ClN4OS2/c21-12-4-6-13(7-5-12)27-11-16-23-19(25-9-8-22-17(26)10-25)18-14-2-1-3-15(14)28-20(18)24-16/h4-7H,1-3,8-11H2,(H,22,26). The van der Waals surface area contributed by atoms with Crippen molar-refractivity contribution >= 4 is 56.6 Å². The summed E-state index contributed by atoms with van der Waals surface area (Å²) in [6, 6.07) is 7.83. The van der Waals surface area contributed by atoms with Crippen molar-refractivity contribution in [3.05, 3.63) is 45.6 Å². The van der Waals surface area contributed by atoms with Crippen LogP contribution in [-0.2, 0) is 23.4 Å². The highest BCUT2D eigenvalue weighted by Crippen LogP contribution is 2.41. The molecular weight excluding hydrogens is 412 g/mol. The summed E-state index contributed by atoms with van der Waals surface area (Å²) in [4.78, 5) is 27.5. The van der Waals surface area contributed by atoms with Crippen molar-refractivity contribution in [3.8, 4) is 0 Å². The van der Waals surface area contributed by atoms with E-state index in [2.05, 4.69) is 10.2 Å². The zero-order valence-electron chi connectivity index (χ0n) is 15.2.